The summed E-state index contributed by atoms with van der Waals surface area (Å²) < 4.78 is 0. The Labute approximate surface area is 111 Å². The Morgan fingerprint density at radius 3 is 2.47 bits per heavy atom. The molecule has 0 aliphatic carbocycles. The van der Waals surface area contributed by atoms with Gasteiger partial charge in [-0.2, -0.15) is 10.2 Å². The lowest BCUT2D eigenvalue weighted by Crippen LogP contribution is -2.13. The van der Waals surface area contributed by atoms with Gasteiger partial charge in [0.2, 0.25) is 0 Å². The van der Waals surface area contributed by atoms with E-state index < -0.39 is 0 Å². The second-order valence-corrected chi connectivity index (χ2v) is 3.80. The summed E-state index contributed by atoms with van der Waals surface area (Å²) in [6.45, 7) is 0. The zero-order chi connectivity index (χ0) is 13.7. The van der Waals surface area contributed by atoms with Crippen LogP contribution in [-0.4, -0.2) is 30.1 Å². The third-order valence-electron chi connectivity index (χ3n) is 2.44. The fourth-order valence-corrected chi connectivity index (χ4v) is 1.52. The van der Waals surface area contributed by atoms with E-state index in [-0.39, 0.29) is 5.75 Å². The molecule has 2 radical (unpaired) electrons. The first-order valence-electron chi connectivity index (χ1n) is 5.52. The molecular formula is C12H10B2N2O3. The van der Waals surface area contributed by atoms with Crippen molar-refractivity contribution in [2.75, 3.05) is 0 Å². The van der Waals surface area contributed by atoms with E-state index in [1.807, 2.05) is 0 Å². The van der Waals surface area contributed by atoms with Crippen molar-refractivity contribution in [3.8, 4) is 5.75 Å². The third-order valence-corrected chi connectivity index (χ3v) is 2.44. The van der Waals surface area contributed by atoms with E-state index in [1.165, 1.54) is 12.1 Å². The van der Waals surface area contributed by atoms with Crippen molar-refractivity contribution in [3.63, 3.8) is 0 Å². The first-order valence-corrected chi connectivity index (χ1v) is 5.52. The van der Waals surface area contributed by atoms with Crippen LogP contribution in [0.3, 0.4) is 0 Å². The van der Waals surface area contributed by atoms with Crippen molar-refractivity contribution in [1.29, 1.82) is 0 Å². The van der Waals surface area contributed by atoms with Crippen LogP contribution in [0.25, 0.3) is 0 Å². The Kier molecular flexibility index (Phi) is 4.33. The number of hydrogen-bond donors (Lipinski definition) is 3. The largest absolute Gasteiger partial charge is 0.508 e. The number of benzene rings is 2. The Hall–Kier alpha value is -2.11. The molecule has 7 heteroatoms. The Morgan fingerprint density at radius 2 is 1.74 bits per heavy atom. The molecule has 19 heavy (non-hydrogen) atoms. The van der Waals surface area contributed by atoms with Gasteiger partial charge in [-0.3, -0.25) is 0 Å². The maximum Gasteiger partial charge on any atom is 0.329 e. The number of aromatic hydroxyl groups is 1. The average molecular weight is 252 g/mol. The van der Waals surface area contributed by atoms with E-state index in [0.717, 1.165) is 15.0 Å². The van der Waals surface area contributed by atoms with Gasteiger partial charge in [-0.15, -0.1) is 0 Å². The summed E-state index contributed by atoms with van der Waals surface area (Å²) in [6, 6.07) is 11.2. The predicted octanol–water partition coefficient (Wildman–Crippen LogP) is 0.281. The summed E-state index contributed by atoms with van der Waals surface area (Å²) in [4.78, 5) is 0. The predicted molar refractivity (Wildman–Crippen MR) is 73.9 cm³/mol. The molecule has 2 rings (SSSR count). The molecule has 0 aliphatic heterocycles. The fraction of sp³-hybridized carbons (Fsp3) is 0. The maximum atomic E-state index is 9.29. The Balaban J connectivity index is 2.26. The highest BCUT2D eigenvalue weighted by molar-refractivity contribution is 6.48. The summed E-state index contributed by atoms with van der Waals surface area (Å²) in [5.74, 6) is 0.0381. The smallest absolute Gasteiger partial charge is 0.329 e. The molecule has 0 bridgehead atoms. The molecular weight excluding hydrogens is 242 g/mol. The first-order chi connectivity index (χ1) is 9.22. The summed E-state index contributed by atoms with van der Waals surface area (Å²) in [7, 11) is 1.83. The van der Waals surface area contributed by atoms with E-state index >= 15 is 0 Å². The van der Waals surface area contributed by atoms with Crippen LogP contribution in [0.5, 0.6) is 5.75 Å². The molecule has 0 amide bonds. The van der Waals surface area contributed by atoms with Gasteiger partial charge < -0.3 is 15.2 Å². The quantitative estimate of drug-likeness (QED) is 0.539. The highest BCUT2D eigenvalue weighted by Gasteiger charge is 2.04. The molecule has 0 spiro atoms. The van der Waals surface area contributed by atoms with Gasteiger partial charge >= 0.3 is 15.0 Å². The Morgan fingerprint density at radius 1 is 0.895 bits per heavy atom. The van der Waals surface area contributed by atoms with Gasteiger partial charge in [-0.05, 0) is 35.8 Å². The second kappa shape index (κ2) is 6.17. The molecule has 5 nitrogen and oxygen atoms in total. The number of rotatable bonds is 4. The van der Waals surface area contributed by atoms with Gasteiger partial charge in [0, 0.05) is 0 Å². The van der Waals surface area contributed by atoms with Gasteiger partial charge in [-0.1, -0.05) is 17.6 Å². The normalized spacial score (nSPS) is 10.6. The van der Waals surface area contributed by atoms with E-state index in [0.29, 0.717) is 22.3 Å². The molecule has 2 aromatic carbocycles. The van der Waals surface area contributed by atoms with Gasteiger partial charge in [0.25, 0.3) is 0 Å². The highest BCUT2D eigenvalue weighted by atomic mass is 16.3. The zero-order valence-electron chi connectivity index (χ0n) is 9.93. The van der Waals surface area contributed by atoms with Crippen LogP contribution in [-0.2, 0) is 0 Å². The lowest BCUT2D eigenvalue weighted by Gasteiger charge is -2.01. The molecule has 0 atom stereocenters. The standard InChI is InChI=1S/C12H10B2N2O3/c17-10-4-5-12(11(7-10)14-19)16-15-9-3-1-2-8(6-9)13-18/h1-7,17-19H. The van der Waals surface area contributed by atoms with Gasteiger partial charge in [0.05, 0.1) is 11.4 Å². The third kappa shape index (κ3) is 3.43. The summed E-state index contributed by atoms with van der Waals surface area (Å²) >= 11 is 0. The van der Waals surface area contributed by atoms with Crippen molar-refractivity contribution in [3.05, 3.63) is 42.5 Å². The fourth-order valence-electron chi connectivity index (χ4n) is 1.52. The number of hydrogen-bond acceptors (Lipinski definition) is 5. The van der Waals surface area contributed by atoms with Crippen LogP contribution in [0, 0.1) is 0 Å². The monoisotopic (exact) mass is 252 g/mol. The van der Waals surface area contributed by atoms with E-state index in [1.54, 1.807) is 30.3 Å². The zero-order valence-corrected chi connectivity index (χ0v) is 9.93. The van der Waals surface area contributed by atoms with Crippen LogP contribution in [0.4, 0.5) is 11.4 Å². The first kappa shape index (κ1) is 13.3. The minimum atomic E-state index is 0.0381. The lowest BCUT2D eigenvalue weighted by atomic mass is 9.87. The number of phenolic OH excluding ortho intramolecular Hbond substituents is 1. The van der Waals surface area contributed by atoms with Gasteiger partial charge in [0.1, 0.15) is 5.75 Å². The van der Waals surface area contributed by atoms with Gasteiger partial charge in [0.15, 0.2) is 0 Å². The van der Waals surface area contributed by atoms with Crippen molar-refractivity contribution in [1.82, 2.24) is 0 Å². The van der Waals surface area contributed by atoms with Crippen LogP contribution in [0.1, 0.15) is 0 Å². The SMILES string of the molecule is O[B]c1cccc(N=Nc2ccc(O)cc2[B]O)c1. The van der Waals surface area contributed by atoms with Crippen LogP contribution >= 0.6 is 0 Å². The highest BCUT2D eigenvalue weighted by Crippen LogP contribution is 2.18. The molecule has 0 aliphatic rings. The van der Waals surface area contributed by atoms with Crippen LogP contribution in [0.2, 0.25) is 0 Å². The van der Waals surface area contributed by atoms with Crippen molar-refractivity contribution >= 4 is 37.3 Å². The summed E-state index contributed by atoms with van der Waals surface area (Å²) in [5, 5.41) is 35.2. The van der Waals surface area contributed by atoms with Gasteiger partial charge in [-0.25, -0.2) is 0 Å². The van der Waals surface area contributed by atoms with E-state index in [2.05, 4.69) is 10.2 Å². The molecule has 2 aromatic rings. The van der Waals surface area contributed by atoms with Crippen molar-refractivity contribution < 1.29 is 15.2 Å². The molecule has 0 unspecified atom stereocenters. The summed E-state index contributed by atoms with van der Waals surface area (Å²) in [5.41, 5.74) is 1.99. The second-order valence-electron chi connectivity index (χ2n) is 3.80. The van der Waals surface area contributed by atoms with Crippen molar-refractivity contribution in [2.45, 2.75) is 0 Å². The van der Waals surface area contributed by atoms with Crippen LogP contribution < -0.4 is 10.9 Å². The maximum absolute atomic E-state index is 9.29. The van der Waals surface area contributed by atoms with Crippen LogP contribution in [0.15, 0.2) is 52.7 Å². The Bertz CT molecular complexity index is 605. The molecule has 3 N–H and O–H groups in total. The molecule has 0 aromatic heterocycles. The molecule has 0 heterocycles. The molecule has 0 fully saturated rings. The molecule has 0 saturated heterocycles. The lowest BCUT2D eigenvalue weighted by molar-refractivity contribution is 0.475. The number of nitrogens with zero attached hydrogens (tertiary/aromatic N) is 2. The topological polar surface area (TPSA) is 85.4 Å². The average Bonchev–Trinajstić information content (AvgIpc) is 2.46. The van der Waals surface area contributed by atoms with Crippen molar-refractivity contribution in [2.24, 2.45) is 10.2 Å². The number of phenols is 1. The molecule has 92 valence electrons. The minimum absolute atomic E-state index is 0.0381. The number of azo groups is 1. The summed E-state index contributed by atoms with van der Waals surface area (Å²) in [6.07, 6.45) is 0. The molecule has 0 saturated carbocycles. The van der Waals surface area contributed by atoms with E-state index in [4.69, 9.17) is 10.0 Å². The minimum Gasteiger partial charge on any atom is -0.508 e. The van der Waals surface area contributed by atoms with E-state index in [9.17, 15) is 5.11 Å².